The zero-order chi connectivity index (χ0) is 16.2. The van der Waals surface area contributed by atoms with Crippen LogP contribution in [0.3, 0.4) is 0 Å². The molecule has 2 rings (SSSR count). The molecule has 0 fully saturated rings. The molecule has 0 radical (unpaired) electrons. The summed E-state index contributed by atoms with van der Waals surface area (Å²) in [6, 6.07) is 14.1. The van der Waals surface area contributed by atoms with Crippen LogP contribution in [0, 0.1) is 5.82 Å². The van der Waals surface area contributed by atoms with Crippen LogP contribution in [0.15, 0.2) is 54.6 Å². The van der Waals surface area contributed by atoms with Gasteiger partial charge in [0, 0.05) is 6.54 Å². The van der Waals surface area contributed by atoms with Crippen LogP contribution < -0.4 is 4.72 Å². The molecular formula is C16H18FNO3S. The van der Waals surface area contributed by atoms with Gasteiger partial charge >= 0.3 is 0 Å². The molecule has 1 atom stereocenters. The van der Waals surface area contributed by atoms with Crippen LogP contribution in [0.2, 0.25) is 0 Å². The maximum atomic E-state index is 12.8. The molecule has 0 amide bonds. The largest absolute Gasteiger partial charge is 0.384 e. The Kier molecular flexibility index (Phi) is 4.95. The number of nitrogens with one attached hydrogen (secondary N) is 1. The van der Waals surface area contributed by atoms with E-state index in [4.69, 9.17) is 0 Å². The smallest absolute Gasteiger partial charge is 0.215 e. The Bertz CT molecular complexity index is 713. The molecule has 0 spiro atoms. The van der Waals surface area contributed by atoms with Crippen LogP contribution in [0.25, 0.3) is 0 Å². The number of halogens is 1. The lowest BCUT2D eigenvalue weighted by Gasteiger charge is -2.24. The van der Waals surface area contributed by atoms with E-state index in [1.807, 2.05) is 6.07 Å². The Morgan fingerprint density at radius 2 is 1.68 bits per heavy atom. The lowest BCUT2D eigenvalue weighted by molar-refractivity contribution is 0.0627. The number of rotatable bonds is 6. The third-order valence-electron chi connectivity index (χ3n) is 3.30. The highest BCUT2D eigenvalue weighted by molar-refractivity contribution is 7.88. The van der Waals surface area contributed by atoms with Gasteiger partial charge in [0.15, 0.2) is 0 Å². The third-order valence-corrected chi connectivity index (χ3v) is 4.60. The average Bonchev–Trinajstić information content (AvgIpc) is 2.49. The van der Waals surface area contributed by atoms with E-state index in [1.54, 1.807) is 31.2 Å². The van der Waals surface area contributed by atoms with Gasteiger partial charge in [-0.1, -0.05) is 42.5 Å². The van der Waals surface area contributed by atoms with Crippen LogP contribution in [-0.2, 0) is 21.4 Å². The van der Waals surface area contributed by atoms with Crippen LogP contribution in [-0.4, -0.2) is 20.1 Å². The number of aliphatic hydroxyl groups is 1. The van der Waals surface area contributed by atoms with Gasteiger partial charge in [0.1, 0.15) is 11.4 Å². The molecule has 0 heterocycles. The molecule has 4 nitrogen and oxygen atoms in total. The van der Waals surface area contributed by atoms with Gasteiger partial charge in [0.25, 0.3) is 0 Å². The first-order chi connectivity index (χ1) is 10.3. The SMILES string of the molecule is CC(O)(CNS(=O)(=O)Cc1ccc(F)cc1)c1ccccc1. The zero-order valence-corrected chi connectivity index (χ0v) is 13.0. The molecule has 6 heteroatoms. The Hall–Kier alpha value is -1.76. The zero-order valence-electron chi connectivity index (χ0n) is 12.2. The number of sulfonamides is 1. The topological polar surface area (TPSA) is 66.4 Å². The minimum absolute atomic E-state index is 0.138. The van der Waals surface area contributed by atoms with Gasteiger partial charge in [-0.2, -0.15) is 0 Å². The molecule has 2 N–H and O–H groups in total. The summed E-state index contributed by atoms with van der Waals surface area (Å²) < 4.78 is 39.3. The number of hydrogen-bond donors (Lipinski definition) is 2. The molecule has 0 aliphatic heterocycles. The van der Waals surface area contributed by atoms with Crippen molar-refractivity contribution in [3.05, 3.63) is 71.5 Å². The summed E-state index contributed by atoms with van der Waals surface area (Å²) in [7, 11) is -3.62. The van der Waals surface area contributed by atoms with Gasteiger partial charge in [-0.05, 0) is 30.2 Å². The molecule has 2 aromatic rings. The molecule has 0 bridgehead atoms. The molecule has 0 aliphatic rings. The average molecular weight is 323 g/mol. The first kappa shape index (κ1) is 16.6. The van der Waals surface area contributed by atoms with Crippen molar-refractivity contribution in [1.29, 1.82) is 0 Å². The van der Waals surface area contributed by atoms with Crippen molar-refractivity contribution in [3.63, 3.8) is 0 Å². The van der Waals surface area contributed by atoms with Gasteiger partial charge in [-0.15, -0.1) is 0 Å². The van der Waals surface area contributed by atoms with Crippen LogP contribution in [0.4, 0.5) is 4.39 Å². The van der Waals surface area contributed by atoms with Crippen molar-refractivity contribution in [2.45, 2.75) is 18.3 Å². The monoisotopic (exact) mass is 323 g/mol. The van der Waals surface area contributed by atoms with E-state index >= 15 is 0 Å². The maximum absolute atomic E-state index is 12.8. The van der Waals surface area contributed by atoms with Gasteiger partial charge in [-0.3, -0.25) is 0 Å². The summed E-state index contributed by atoms with van der Waals surface area (Å²) in [6.45, 7) is 1.41. The summed E-state index contributed by atoms with van der Waals surface area (Å²) in [5.74, 6) is -0.681. The van der Waals surface area contributed by atoms with Crippen molar-refractivity contribution in [3.8, 4) is 0 Å². The van der Waals surface area contributed by atoms with Gasteiger partial charge < -0.3 is 5.11 Å². The molecule has 0 aliphatic carbocycles. The second kappa shape index (κ2) is 6.56. The Morgan fingerprint density at radius 1 is 1.09 bits per heavy atom. The van der Waals surface area contributed by atoms with Crippen molar-refractivity contribution in [2.24, 2.45) is 0 Å². The Morgan fingerprint density at radius 3 is 2.27 bits per heavy atom. The molecule has 0 saturated carbocycles. The second-order valence-corrected chi connectivity index (χ2v) is 7.15. The molecule has 1 unspecified atom stereocenters. The maximum Gasteiger partial charge on any atom is 0.215 e. The van der Waals surface area contributed by atoms with Crippen molar-refractivity contribution in [2.75, 3.05) is 6.54 Å². The fraction of sp³-hybridized carbons (Fsp3) is 0.250. The minimum Gasteiger partial charge on any atom is -0.384 e. The summed E-state index contributed by atoms with van der Waals surface area (Å²) in [5, 5.41) is 10.4. The summed E-state index contributed by atoms with van der Waals surface area (Å²) >= 11 is 0. The Balaban J connectivity index is 2.02. The number of benzene rings is 2. The highest BCUT2D eigenvalue weighted by Crippen LogP contribution is 2.19. The van der Waals surface area contributed by atoms with E-state index in [9.17, 15) is 17.9 Å². The fourth-order valence-electron chi connectivity index (χ4n) is 2.00. The predicted molar refractivity (Wildman–Crippen MR) is 83.0 cm³/mol. The highest BCUT2D eigenvalue weighted by Gasteiger charge is 2.25. The van der Waals surface area contributed by atoms with E-state index in [0.717, 1.165) is 0 Å². The van der Waals surface area contributed by atoms with E-state index in [-0.39, 0.29) is 12.3 Å². The van der Waals surface area contributed by atoms with E-state index in [2.05, 4.69) is 4.72 Å². The summed E-state index contributed by atoms with van der Waals surface area (Å²) in [5.41, 5.74) is -0.204. The quantitative estimate of drug-likeness (QED) is 0.856. The van der Waals surface area contributed by atoms with Gasteiger partial charge in [0.2, 0.25) is 10.0 Å². The third kappa shape index (κ3) is 4.62. The van der Waals surface area contributed by atoms with Crippen molar-refractivity contribution < 1.29 is 17.9 Å². The highest BCUT2D eigenvalue weighted by atomic mass is 32.2. The molecule has 2 aromatic carbocycles. The molecule has 0 aromatic heterocycles. The fourth-order valence-corrected chi connectivity index (χ4v) is 3.24. The van der Waals surface area contributed by atoms with E-state index < -0.39 is 21.4 Å². The van der Waals surface area contributed by atoms with E-state index in [0.29, 0.717) is 11.1 Å². The Labute approximate surface area is 129 Å². The van der Waals surface area contributed by atoms with Crippen LogP contribution in [0.1, 0.15) is 18.1 Å². The second-order valence-electron chi connectivity index (χ2n) is 5.35. The van der Waals surface area contributed by atoms with Gasteiger partial charge in [-0.25, -0.2) is 17.5 Å². The van der Waals surface area contributed by atoms with Crippen LogP contribution >= 0.6 is 0 Å². The van der Waals surface area contributed by atoms with Gasteiger partial charge in [0.05, 0.1) is 5.75 Å². The lowest BCUT2D eigenvalue weighted by Crippen LogP contribution is -2.39. The molecule has 118 valence electrons. The molecule has 0 saturated heterocycles. The standard InChI is InChI=1S/C16H18FNO3S/c1-16(19,14-5-3-2-4-6-14)12-18-22(20,21)11-13-7-9-15(17)10-8-13/h2-10,18-19H,11-12H2,1H3. The first-order valence-corrected chi connectivity index (χ1v) is 8.43. The van der Waals surface area contributed by atoms with E-state index in [1.165, 1.54) is 24.3 Å². The number of hydrogen-bond acceptors (Lipinski definition) is 3. The molecule has 22 heavy (non-hydrogen) atoms. The predicted octanol–water partition coefficient (Wildman–Crippen LogP) is 2.15. The lowest BCUT2D eigenvalue weighted by atomic mass is 9.97. The molecular weight excluding hydrogens is 305 g/mol. The first-order valence-electron chi connectivity index (χ1n) is 6.78. The normalized spacial score (nSPS) is 14.5. The van der Waals surface area contributed by atoms with Crippen molar-refractivity contribution >= 4 is 10.0 Å². The minimum atomic E-state index is -3.62. The van der Waals surface area contributed by atoms with Crippen molar-refractivity contribution in [1.82, 2.24) is 4.72 Å². The summed E-state index contributed by atoms with van der Waals surface area (Å²) in [4.78, 5) is 0. The summed E-state index contributed by atoms with van der Waals surface area (Å²) in [6.07, 6.45) is 0. The van der Waals surface area contributed by atoms with Crippen LogP contribution in [0.5, 0.6) is 0 Å².